The second-order valence-electron chi connectivity index (χ2n) is 4.79. The molecule has 7 heteroatoms. The van der Waals surface area contributed by atoms with Crippen LogP contribution in [-0.4, -0.2) is 29.3 Å². The third-order valence-electron chi connectivity index (χ3n) is 3.54. The highest BCUT2D eigenvalue weighted by Gasteiger charge is 2.34. The zero-order valence-electron chi connectivity index (χ0n) is 11.5. The molecule has 1 aliphatic rings. The van der Waals surface area contributed by atoms with Crippen molar-refractivity contribution in [3.05, 3.63) is 33.6 Å². The van der Waals surface area contributed by atoms with Crippen LogP contribution in [0.25, 0.3) is 0 Å². The summed E-state index contributed by atoms with van der Waals surface area (Å²) in [5.74, 6) is -0.852. The van der Waals surface area contributed by atoms with Gasteiger partial charge in [0.05, 0.1) is 10.0 Å². The number of likely N-dealkylation sites (N-methyl/N-ethyl adjacent to an activating group) is 1. The molecule has 2 rings (SSSR count). The smallest absolute Gasteiger partial charge is 0.243 e. The number of amides is 2. The van der Waals surface area contributed by atoms with Crippen molar-refractivity contribution in [1.29, 1.82) is 0 Å². The molecule has 0 bridgehead atoms. The first kappa shape index (κ1) is 16.0. The fourth-order valence-corrected chi connectivity index (χ4v) is 2.81. The predicted octanol–water partition coefficient (Wildman–Crippen LogP) is 2.76. The zero-order valence-corrected chi connectivity index (χ0v) is 13.0. The quantitative estimate of drug-likeness (QED) is 0.862. The number of hydrogen-bond donors (Lipinski definition) is 1. The minimum Gasteiger partial charge on any atom is -0.350 e. The van der Waals surface area contributed by atoms with E-state index in [1.165, 1.54) is 12.1 Å². The van der Waals surface area contributed by atoms with Crippen molar-refractivity contribution >= 4 is 35.0 Å². The summed E-state index contributed by atoms with van der Waals surface area (Å²) in [4.78, 5) is 25.3. The summed E-state index contributed by atoms with van der Waals surface area (Å²) in [6.07, 6.45) is 0.894. The lowest BCUT2D eigenvalue weighted by Gasteiger charge is -2.22. The Bertz CT molecular complexity index is 580. The van der Waals surface area contributed by atoms with Crippen molar-refractivity contribution in [3.8, 4) is 0 Å². The lowest BCUT2D eigenvalue weighted by atomic mass is 10.2. The van der Waals surface area contributed by atoms with Gasteiger partial charge in [-0.1, -0.05) is 29.3 Å². The second kappa shape index (κ2) is 6.62. The largest absolute Gasteiger partial charge is 0.350 e. The molecule has 0 aliphatic carbocycles. The van der Waals surface area contributed by atoms with Gasteiger partial charge in [-0.2, -0.15) is 0 Å². The molecule has 1 N–H and O–H groups in total. The molecule has 1 saturated heterocycles. The maximum absolute atomic E-state index is 13.2. The third kappa shape index (κ3) is 3.30. The van der Waals surface area contributed by atoms with Crippen LogP contribution in [0.5, 0.6) is 0 Å². The Morgan fingerprint density at radius 3 is 2.81 bits per heavy atom. The zero-order chi connectivity index (χ0) is 15.6. The van der Waals surface area contributed by atoms with E-state index in [1.807, 2.05) is 6.92 Å². The Labute approximate surface area is 132 Å². The van der Waals surface area contributed by atoms with Gasteiger partial charge >= 0.3 is 0 Å². The summed E-state index contributed by atoms with van der Waals surface area (Å²) in [6, 6.07) is 2.23. The molecular formula is C14H15Cl2FN2O2. The third-order valence-corrected chi connectivity index (χ3v) is 4.44. The number of likely N-dealkylation sites (tertiary alicyclic amines) is 1. The van der Waals surface area contributed by atoms with Crippen LogP contribution < -0.4 is 5.32 Å². The minimum absolute atomic E-state index is 0.0134. The molecule has 1 unspecified atom stereocenters. The average Bonchev–Trinajstić information content (AvgIpc) is 2.84. The number of benzene rings is 1. The van der Waals surface area contributed by atoms with Crippen LogP contribution in [0.4, 0.5) is 4.39 Å². The van der Waals surface area contributed by atoms with Gasteiger partial charge in [0, 0.05) is 19.5 Å². The van der Waals surface area contributed by atoms with E-state index < -0.39 is 11.9 Å². The Balaban J connectivity index is 2.02. The van der Waals surface area contributed by atoms with Crippen molar-refractivity contribution in [2.75, 3.05) is 6.54 Å². The van der Waals surface area contributed by atoms with E-state index in [1.54, 1.807) is 4.90 Å². The van der Waals surface area contributed by atoms with Crippen LogP contribution in [-0.2, 0) is 16.1 Å². The topological polar surface area (TPSA) is 49.4 Å². The number of halogens is 3. The Kier molecular flexibility index (Phi) is 5.06. The molecule has 1 aromatic rings. The van der Waals surface area contributed by atoms with E-state index in [-0.39, 0.29) is 28.4 Å². The molecule has 1 atom stereocenters. The van der Waals surface area contributed by atoms with E-state index in [4.69, 9.17) is 23.2 Å². The molecule has 1 heterocycles. The number of carbonyl (C=O) groups excluding carboxylic acids is 2. The number of rotatable bonds is 4. The standard InChI is InChI=1S/C14H15Cl2FN2O2/c1-2-19-10(5-6-11(19)20)14(21)18-7-8-3-4-9(17)13(16)12(8)15/h3-4,10H,2,5-7H2,1H3,(H,18,21). The van der Waals surface area contributed by atoms with Gasteiger partial charge in [-0.05, 0) is 25.0 Å². The van der Waals surface area contributed by atoms with Gasteiger partial charge in [0.2, 0.25) is 11.8 Å². The highest BCUT2D eigenvalue weighted by molar-refractivity contribution is 6.42. The first-order valence-corrected chi connectivity index (χ1v) is 7.40. The van der Waals surface area contributed by atoms with Gasteiger partial charge in [0.15, 0.2) is 0 Å². The minimum atomic E-state index is -0.602. The van der Waals surface area contributed by atoms with Crippen molar-refractivity contribution in [1.82, 2.24) is 10.2 Å². The highest BCUT2D eigenvalue weighted by atomic mass is 35.5. The number of carbonyl (C=O) groups is 2. The second-order valence-corrected chi connectivity index (χ2v) is 5.54. The van der Waals surface area contributed by atoms with E-state index in [9.17, 15) is 14.0 Å². The average molecular weight is 333 g/mol. The highest BCUT2D eigenvalue weighted by Crippen LogP contribution is 2.28. The predicted molar refractivity (Wildman–Crippen MR) is 78.7 cm³/mol. The van der Waals surface area contributed by atoms with Gasteiger partial charge in [0.1, 0.15) is 11.9 Å². The van der Waals surface area contributed by atoms with Crippen molar-refractivity contribution in [2.24, 2.45) is 0 Å². The van der Waals surface area contributed by atoms with Crippen LogP contribution in [0, 0.1) is 5.82 Å². The first-order chi connectivity index (χ1) is 9.95. The summed E-state index contributed by atoms with van der Waals surface area (Å²) in [6.45, 7) is 2.47. The molecule has 1 aromatic carbocycles. The molecule has 1 fully saturated rings. The molecule has 4 nitrogen and oxygen atoms in total. The van der Waals surface area contributed by atoms with Gasteiger partial charge in [-0.3, -0.25) is 9.59 Å². The Morgan fingerprint density at radius 1 is 1.43 bits per heavy atom. The van der Waals surface area contributed by atoms with Gasteiger partial charge in [0.25, 0.3) is 0 Å². The van der Waals surface area contributed by atoms with E-state index in [0.29, 0.717) is 24.9 Å². The van der Waals surface area contributed by atoms with E-state index in [0.717, 1.165) is 0 Å². The molecule has 2 amide bonds. The summed E-state index contributed by atoms with van der Waals surface area (Å²) in [5, 5.41) is 2.65. The van der Waals surface area contributed by atoms with E-state index in [2.05, 4.69) is 5.32 Å². The summed E-state index contributed by atoms with van der Waals surface area (Å²) in [7, 11) is 0. The van der Waals surface area contributed by atoms with Crippen molar-refractivity contribution < 1.29 is 14.0 Å². The summed E-state index contributed by atoms with van der Waals surface area (Å²) >= 11 is 11.7. The fourth-order valence-electron chi connectivity index (χ4n) is 2.41. The Morgan fingerprint density at radius 2 is 2.14 bits per heavy atom. The SMILES string of the molecule is CCN1C(=O)CCC1C(=O)NCc1ccc(F)c(Cl)c1Cl. The van der Waals surface area contributed by atoms with Crippen LogP contribution in [0.1, 0.15) is 25.3 Å². The maximum Gasteiger partial charge on any atom is 0.243 e. The fraction of sp³-hybridized carbons (Fsp3) is 0.429. The van der Waals surface area contributed by atoms with Crippen molar-refractivity contribution in [3.63, 3.8) is 0 Å². The number of hydrogen-bond acceptors (Lipinski definition) is 2. The monoisotopic (exact) mass is 332 g/mol. The first-order valence-electron chi connectivity index (χ1n) is 6.65. The van der Waals surface area contributed by atoms with E-state index >= 15 is 0 Å². The lowest BCUT2D eigenvalue weighted by molar-refractivity contribution is -0.135. The molecule has 0 aromatic heterocycles. The van der Waals surface area contributed by atoms with Crippen LogP contribution >= 0.6 is 23.2 Å². The molecule has 0 spiro atoms. The number of nitrogens with one attached hydrogen (secondary N) is 1. The molecule has 0 saturated carbocycles. The molecule has 0 radical (unpaired) electrons. The molecular weight excluding hydrogens is 318 g/mol. The van der Waals surface area contributed by atoms with Gasteiger partial charge in [-0.25, -0.2) is 4.39 Å². The van der Waals surface area contributed by atoms with Crippen LogP contribution in [0.3, 0.4) is 0 Å². The van der Waals surface area contributed by atoms with Crippen LogP contribution in [0.15, 0.2) is 12.1 Å². The molecule has 21 heavy (non-hydrogen) atoms. The number of nitrogens with zero attached hydrogens (tertiary/aromatic N) is 1. The van der Waals surface area contributed by atoms with Crippen molar-refractivity contribution in [2.45, 2.75) is 32.4 Å². The lowest BCUT2D eigenvalue weighted by Crippen LogP contribution is -2.44. The molecule has 1 aliphatic heterocycles. The molecule has 114 valence electrons. The summed E-state index contributed by atoms with van der Waals surface area (Å²) < 4.78 is 13.2. The van der Waals surface area contributed by atoms with Gasteiger partial charge in [-0.15, -0.1) is 0 Å². The van der Waals surface area contributed by atoms with Crippen LogP contribution in [0.2, 0.25) is 10.0 Å². The van der Waals surface area contributed by atoms with Gasteiger partial charge < -0.3 is 10.2 Å². The Hall–Kier alpha value is -1.33. The normalized spacial score (nSPS) is 18.2. The summed E-state index contributed by atoms with van der Waals surface area (Å²) in [5.41, 5.74) is 0.531. The maximum atomic E-state index is 13.2.